The molecule has 1 amide bonds. The van der Waals surface area contributed by atoms with Gasteiger partial charge in [0.15, 0.2) is 0 Å². The Morgan fingerprint density at radius 3 is 2.29 bits per heavy atom. The summed E-state index contributed by atoms with van der Waals surface area (Å²) in [6, 6.07) is 18.2. The van der Waals surface area contributed by atoms with Crippen LogP contribution in [0.5, 0.6) is 17.2 Å². The minimum Gasteiger partial charge on any atom is -0.497 e. The number of rotatable bonds is 11. The Balaban J connectivity index is 1.62. The van der Waals surface area contributed by atoms with Gasteiger partial charge in [-0.05, 0) is 100 Å². The number of nitrogens with zero attached hydrogens (tertiary/aromatic N) is 2. The number of aliphatic hydroxyl groups excluding tert-OH is 1. The molecule has 49 heavy (non-hydrogen) atoms. The summed E-state index contributed by atoms with van der Waals surface area (Å²) >= 11 is 0. The van der Waals surface area contributed by atoms with Crippen LogP contribution in [-0.4, -0.2) is 95.1 Å². The van der Waals surface area contributed by atoms with Crippen molar-refractivity contribution in [3.8, 4) is 17.2 Å². The van der Waals surface area contributed by atoms with E-state index in [0.29, 0.717) is 37.7 Å². The van der Waals surface area contributed by atoms with Crippen LogP contribution >= 0.6 is 0 Å². The standard InChI is InChI=1S/C37H51N3O8S/c1-26-22-40(27(2)25-41)37(42)34-21-30(38-49(43,44)33-17-15-32(46-6)16-18-33)12-19-35(34)48-28(3)9-7-8-20-47-36(26)24-39(4)23-29-10-13-31(45-5)14-11-29/h10-19,21,26-28,36,38,41H,7-9,20,22-25H2,1-6H3/t26-,27+,28-,36-/m1/s1. The maximum atomic E-state index is 14.4. The molecule has 4 rings (SSSR count). The van der Waals surface area contributed by atoms with Crippen LogP contribution in [0.25, 0.3) is 0 Å². The molecule has 0 radical (unpaired) electrons. The topological polar surface area (TPSA) is 127 Å². The molecule has 0 aliphatic carbocycles. The van der Waals surface area contributed by atoms with Crippen LogP contribution in [0.2, 0.25) is 0 Å². The van der Waals surface area contributed by atoms with Crippen molar-refractivity contribution in [1.82, 2.24) is 9.80 Å². The molecule has 3 aromatic rings. The SMILES string of the molecule is COc1ccc(CN(C)C[C@H]2OCCCC[C@@H](C)Oc3ccc(NS(=O)(=O)c4ccc(OC)cc4)cc3C(=O)N([C@@H](C)CO)C[C@H]2C)cc1. The number of carbonyl (C=O) groups excluding carboxylic acids is 1. The number of anilines is 1. The molecular weight excluding hydrogens is 646 g/mol. The van der Waals surface area contributed by atoms with E-state index in [2.05, 4.69) is 23.6 Å². The van der Waals surface area contributed by atoms with Crippen LogP contribution in [0.3, 0.4) is 0 Å². The van der Waals surface area contributed by atoms with Crippen LogP contribution in [0.4, 0.5) is 5.69 Å². The van der Waals surface area contributed by atoms with E-state index in [1.54, 1.807) is 43.2 Å². The molecule has 0 aromatic heterocycles. The highest BCUT2D eigenvalue weighted by molar-refractivity contribution is 7.92. The first kappa shape index (κ1) is 38.0. The Morgan fingerprint density at radius 2 is 1.65 bits per heavy atom. The third-order valence-electron chi connectivity index (χ3n) is 8.78. The van der Waals surface area contributed by atoms with Crippen molar-refractivity contribution >= 4 is 21.6 Å². The van der Waals surface area contributed by atoms with Crippen molar-refractivity contribution in [1.29, 1.82) is 0 Å². The quantitative estimate of drug-likeness (QED) is 0.270. The van der Waals surface area contributed by atoms with E-state index in [0.717, 1.165) is 30.6 Å². The van der Waals surface area contributed by atoms with Gasteiger partial charge in [0.25, 0.3) is 15.9 Å². The lowest BCUT2D eigenvalue weighted by Crippen LogP contribution is -2.47. The summed E-state index contributed by atoms with van der Waals surface area (Å²) in [6.07, 6.45) is 2.08. The molecule has 1 aliphatic rings. The molecule has 0 saturated heterocycles. The molecule has 0 bridgehead atoms. The third-order valence-corrected chi connectivity index (χ3v) is 10.2. The molecule has 0 unspecified atom stereocenters. The van der Waals surface area contributed by atoms with Gasteiger partial charge in [0.1, 0.15) is 17.2 Å². The Kier molecular flexibility index (Phi) is 13.7. The zero-order valence-electron chi connectivity index (χ0n) is 29.4. The Morgan fingerprint density at radius 1 is 1.00 bits per heavy atom. The van der Waals surface area contributed by atoms with Crippen molar-refractivity contribution in [3.05, 3.63) is 77.9 Å². The average Bonchev–Trinajstić information content (AvgIpc) is 3.09. The second-order valence-electron chi connectivity index (χ2n) is 12.8. The Bertz CT molecular complexity index is 1600. The van der Waals surface area contributed by atoms with E-state index in [1.165, 1.54) is 25.3 Å². The fourth-order valence-corrected chi connectivity index (χ4v) is 6.88. The van der Waals surface area contributed by atoms with Gasteiger partial charge in [0, 0.05) is 37.8 Å². The summed E-state index contributed by atoms with van der Waals surface area (Å²) in [5.74, 6) is 1.23. The number of likely N-dealkylation sites (N-methyl/N-ethyl adjacent to an activating group) is 1. The van der Waals surface area contributed by atoms with Gasteiger partial charge in [0.05, 0.1) is 49.5 Å². The smallest absolute Gasteiger partial charge is 0.261 e. The fourth-order valence-electron chi connectivity index (χ4n) is 5.83. The minimum atomic E-state index is -3.97. The van der Waals surface area contributed by atoms with Crippen LogP contribution < -0.4 is 18.9 Å². The number of carbonyl (C=O) groups is 1. The Labute approximate surface area is 291 Å². The maximum absolute atomic E-state index is 14.4. The van der Waals surface area contributed by atoms with Crippen molar-refractivity contribution < 1.29 is 37.3 Å². The molecule has 1 heterocycles. The number of aliphatic hydroxyl groups is 1. The lowest BCUT2D eigenvalue weighted by Gasteiger charge is -2.36. The van der Waals surface area contributed by atoms with E-state index in [9.17, 15) is 18.3 Å². The number of ether oxygens (including phenoxy) is 4. The first-order chi connectivity index (χ1) is 23.4. The minimum absolute atomic E-state index is 0.0527. The van der Waals surface area contributed by atoms with Gasteiger partial charge in [-0.3, -0.25) is 14.4 Å². The van der Waals surface area contributed by atoms with Gasteiger partial charge in [-0.1, -0.05) is 19.1 Å². The van der Waals surface area contributed by atoms with Gasteiger partial charge < -0.3 is 29.0 Å². The van der Waals surface area contributed by atoms with Gasteiger partial charge in [-0.2, -0.15) is 0 Å². The molecule has 268 valence electrons. The average molecular weight is 698 g/mol. The van der Waals surface area contributed by atoms with Crippen molar-refractivity contribution in [2.75, 3.05) is 52.3 Å². The van der Waals surface area contributed by atoms with E-state index in [4.69, 9.17) is 18.9 Å². The van der Waals surface area contributed by atoms with Gasteiger partial charge in [0.2, 0.25) is 0 Å². The number of hydrogen-bond donors (Lipinski definition) is 2. The van der Waals surface area contributed by atoms with Gasteiger partial charge in [-0.15, -0.1) is 0 Å². The lowest BCUT2D eigenvalue weighted by atomic mass is 10.0. The van der Waals surface area contributed by atoms with Crippen molar-refractivity contribution in [2.45, 2.75) is 69.7 Å². The molecule has 12 heteroatoms. The second kappa shape index (κ2) is 17.7. The van der Waals surface area contributed by atoms with Crippen LogP contribution in [0.15, 0.2) is 71.6 Å². The summed E-state index contributed by atoms with van der Waals surface area (Å²) in [7, 11) is 1.24. The Hall–Kier alpha value is -3.84. The van der Waals surface area contributed by atoms with E-state index < -0.39 is 16.1 Å². The number of amides is 1. The zero-order chi connectivity index (χ0) is 35.6. The summed E-state index contributed by atoms with van der Waals surface area (Å²) < 4.78 is 52.4. The molecule has 1 aliphatic heterocycles. The largest absolute Gasteiger partial charge is 0.497 e. The molecule has 0 fully saturated rings. The van der Waals surface area contributed by atoms with Gasteiger partial charge in [-0.25, -0.2) is 8.42 Å². The third kappa shape index (κ3) is 10.6. The number of sulfonamides is 1. The monoisotopic (exact) mass is 697 g/mol. The van der Waals surface area contributed by atoms with Crippen molar-refractivity contribution in [3.63, 3.8) is 0 Å². The summed E-state index contributed by atoms with van der Waals surface area (Å²) in [5.41, 5.74) is 1.57. The molecule has 0 saturated carbocycles. The second-order valence-corrected chi connectivity index (χ2v) is 14.5. The van der Waals surface area contributed by atoms with Gasteiger partial charge >= 0.3 is 0 Å². The predicted molar refractivity (Wildman–Crippen MR) is 190 cm³/mol. The van der Waals surface area contributed by atoms with Crippen LogP contribution in [-0.2, 0) is 21.3 Å². The van der Waals surface area contributed by atoms with E-state index >= 15 is 0 Å². The van der Waals surface area contributed by atoms with E-state index in [1.807, 2.05) is 31.2 Å². The number of benzene rings is 3. The number of hydrogen-bond acceptors (Lipinski definition) is 9. The molecule has 0 spiro atoms. The molecule has 2 N–H and O–H groups in total. The molecular formula is C37H51N3O8S. The van der Waals surface area contributed by atoms with Crippen LogP contribution in [0.1, 0.15) is 56.0 Å². The molecule has 11 nitrogen and oxygen atoms in total. The lowest BCUT2D eigenvalue weighted by molar-refractivity contribution is -0.0177. The number of nitrogens with one attached hydrogen (secondary N) is 1. The summed E-state index contributed by atoms with van der Waals surface area (Å²) in [6.45, 7) is 7.78. The van der Waals surface area contributed by atoms with Crippen LogP contribution in [0, 0.1) is 5.92 Å². The summed E-state index contributed by atoms with van der Waals surface area (Å²) in [4.78, 5) is 18.3. The first-order valence-electron chi connectivity index (χ1n) is 16.8. The number of methoxy groups -OCH3 is 2. The highest BCUT2D eigenvalue weighted by Crippen LogP contribution is 2.30. The highest BCUT2D eigenvalue weighted by atomic mass is 32.2. The molecule has 3 aromatic carbocycles. The number of fused-ring (bicyclic) bond motifs is 1. The summed E-state index contributed by atoms with van der Waals surface area (Å²) in [5, 5.41) is 10.3. The fraction of sp³-hybridized carbons (Fsp3) is 0.486. The maximum Gasteiger partial charge on any atom is 0.261 e. The zero-order valence-corrected chi connectivity index (χ0v) is 30.2. The first-order valence-corrected chi connectivity index (χ1v) is 18.2. The predicted octanol–water partition coefficient (Wildman–Crippen LogP) is 5.43. The normalized spacial score (nSPS) is 20.1. The molecule has 4 atom stereocenters. The van der Waals surface area contributed by atoms with Crippen molar-refractivity contribution in [2.24, 2.45) is 5.92 Å². The highest BCUT2D eigenvalue weighted by Gasteiger charge is 2.31. The van der Waals surface area contributed by atoms with E-state index in [-0.39, 0.29) is 46.8 Å².